The van der Waals surface area contributed by atoms with E-state index in [-0.39, 0.29) is 0 Å². The fourth-order valence-electron chi connectivity index (χ4n) is 2.17. The fourth-order valence-corrected chi connectivity index (χ4v) is 2.17. The van der Waals surface area contributed by atoms with Gasteiger partial charge in [-0.05, 0) is 37.1 Å². The number of rotatable bonds is 7. The highest BCUT2D eigenvalue weighted by atomic mass is 16.5. The van der Waals surface area contributed by atoms with Crippen LogP contribution in [0.3, 0.4) is 0 Å². The molecular formula is C16H21NO2. The van der Waals surface area contributed by atoms with Crippen molar-refractivity contribution in [3.8, 4) is 5.75 Å². The van der Waals surface area contributed by atoms with Crippen LogP contribution >= 0.6 is 0 Å². The van der Waals surface area contributed by atoms with Crippen molar-refractivity contribution in [2.24, 2.45) is 0 Å². The van der Waals surface area contributed by atoms with Crippen LogP contribution in [0, 0.1) is 0 Å². The maximum atomic E-state index is 5.37. The molecular weight excluding hydrogens is 238 g/mol. The maximum absolute atomic E-state index is 5.37. The molecule has 0 aliphatic carbocycles. The third-order valence-electron chi connectivity index (χ3n) is 3.16. The van der Waals surface area contributed by atoms with Crippen LogP contribution in [-0.4, -0.2) is 19.7 Å². The van der Waals surface area contributed by atoms with Crippen LogP contribution in [0.2, 0.25) is 0 Å². The molecule has 19 heavy (non-hydrogen) atoms. The van der Waals surface area contributed by atoms with E-state index in [1.165, 1.54) is 5.56 Å². The summed E-state index contributed by atoms with van der Waals surface area (Å²) in [4.78, 5) is 0. The minimum Gasteiger partial charge on any atom is -0.496 e. The largest absolute Gasteiger partial charge is 0.496 e. The molecule has 2 aromatic rings. The molecule has 1 N–H and O–H groups in total. The van der Waals surface area contributed by atoms with E-state index in [2.05, 4.69) is 18.3 Å². The van der Waals surface area contributed by atoms with Crippen LogP contribution in [0.1, 0.15) is 18.2 Å². The van der Waals surface area contributed by atoms with Crippen molar-refractivity contribution in [1.29, 1.82) is 0 Å². The lowest BCUT2D eigenvalue weighted by Crippen LogP contribution is -2.30. The minimum absolute atomic E-state index is 0.409. The van der Waals surface area contributed by atoms with Gasteiger partial charge < -0.3 is 14.5 Å². The molecule has 1 aromatic carbocycles. The predicted molar refractivity (Wildman–Crippen MR) is 76.6 cm³/mol. The molecule has 0 saturated carbocycles. The molecule has 2 rings (SSSR count). The van der Waals surface area contributed by atoms with Gasteiger partial charge in [-0.2, -0.15) is 0 Å². The Morgan fingerprint density at radius 2 is 2.05 bits per heavy atom. The summed E-state index contributed by atoms with van der Waals surface area (Å²) in [6.45, 7) is 3.11. The van der Waals surface area contributed by atoms with E-state index in [1.807, 2.05) is 30.3 Å². The molecule has 0 radical (unpaired) electrons. The SMILES string of the molecule is COc1ccccc1CC(C)NCCc1ccco1. The maximum Gasteiger partial charge on any atom is 0.122 e. The summed E-state index contributed by atoms with van der Waals surface area (Å²) in [5.41, 5.74) is 1.24. The molecule has 0 saturated heterocycles. The second kappa shape index (κ2) is 7.00. The molecule has 102 valence electrons. The standard InChI is InChI=1S/C16H21NO2/c1-13(17-10-9-15-7-5-11-19-15)12-14-6-3-4-8-16(14)18-2/h3-8,11,13,17H,9-10,12H2,1-2H3. The molecule has 3 heteroatoms. The average Bonchev–Trinajstić information content (AvgIpc) is 2.92. The fraction of sp³-hybridized carbons (Fsp3) is 0.375. The first-order valence-corrected chi connectivity index (χ1v) is 6.67. The molecule has 0 amide bonds. The summed E-state index contributed by atoms with van der Waals surface area (Å²) >= 11 is 0. The van der Waals surface area contributed by atoms with Gasteiger partial charge in [0.2, 0.25) is 0 Å². The first-order chi connectivity index (χ1) is 9.29. The number of para-hydroxylation sites is 1. The molecule has 1 atom stereocenters. The van der Waals surface area contributed by atoms with Crippen molar-refractivity contribution in [2.45, 2.75) is 25.8 Å². The molecule has 0 fully saturated rings. The molecule has 0 aliphatic heterocycles. The zero-order valence-electron chi connectivity index (χ0n) is 11.6. The van der Waals surface area contributed by atoms with E-state index >= 15 is 0 Å². The van der Waals surface area contributed by atoms with Crippen molar-refractivity contribution in [3.63, 3.8) is 0 Å². The van der Waals surface area contributed by atoms with E-state index in [0.29, 0.717) is 6.04 Å². The Bertz CT molecular complexity index is 479. The zero-order chi connectivity index (χ0) is 13.5. The Morgan fingerprint density at radius 3 is 2.79 bits per heavy atom. The predicted octanol–water partition coefficient (Wildman–Crippen LogP) is 3.05. The minimum atomic E-state index is 0.409. The molecule has 1 aromatic heterocycles. The van der Waals surface area contributed by atoms with Gasteiger partial charge in [0.1, 0.15) is 11.5 Å². The van der Waals surface area contributed by atoms with Gasteiger partial charge in [-0.3, -0.25) is 0 Å². The molecule has 1 unspecified atom stereocenters. The second-order valence-corrected chi connectivity index (χ2v) is 4.70. The Kier molecular flexibility index (Phi) is 5.04. The lowest BCUT2D eigenvalue weighted by molar-refractivity contribution is 0.405. The Balaban J connectivity index is 1.79. The number of hydrogen-bond donors (Lipinski definition) is 1. The van der Waals surface area contributed by atoms with Gasteiger partial charge in [-0.25, -0.2) is 0 Å². The van der Waals surface area contributed by atoms with Crippen LogP contribution in [0.25, 0.3) is 0 Å². The van der Waals surface area contributed by atoms with Crippen molar-refractivity contribution < 1.29 is 9.15 Å². The first kappa shape index (κ1) is 13.7. The van der Waals surface area contributed by atoms with E-state index < -0.39 is 0 Å². The zero-order valence-corrected chi connectivity index (χ0v) is 11.6. The third-order valence-corrected chi connectivity index (χ3v) is 3.16. The van der Waals surface area contributed by atoms with E-state index in [0.717, 1.165) is 30.9 Å². The quantitative estimate of drug-likeness (QED) is 0.830. The molecule has 3 nitrogen and oxygen atoms in total. The van der Waals surface area contributed by atoms with E-state index in [1.54, 1.807) is 13.4 Å². The van der Waals surface area contributed by atoms with Crippen molar-refractivity contribution in [1.82, 2.24) is 5.32 Å². The van der Waals surface area contributed by atoms with Gasteiger partial charge in [0.15, 0.2) is 0 Å². The van der Waals surface area contributed by atoms with Gasteiger partial charge in [0.05, 0.1) is 13.4 Å². The van der Waals surface area contributed by atoms with Crippen molar-refractivity contribution in [2.75, 3.05) is 13.7 Å². The number of methoxy groups -OCH3 is 1. The number of nitrogens with one attached hydrogen (secondary N) is 1. The summed E-state index contributed by atoms with van der Waals surface area (Å²) < 4.78 is 10.7. The molecule has 1 heterocycles. The van der Waals surface area contributed by atoms with Gasteiger partial charge in [0.25, 0.3) is 0 Å². The third kappa shape index (κ3) is 4.14. The van der Waals surface area contributed by atoms with Gasteiger partial charge >= 0.3 is 0 Å². The van der Waals surface area contributed by atoms with Crippen molar-refractivity contribution >= 4 is 0 Å². The summed E-state index contributed by atoms with van der Waals surface area (Å²) in [7, 11) is 1.72. The topological polar surface area (TPSA) is 34.4 Å². The lowest BCUT2D eigenvalue weighted by atomic mass is 10.1. The summed E-state index contributed by atoms with van der Waals surface area (Å²) in [6, 6.07) is 12.5. The Labute approximate surface area is 114 Å². The highest BCUT2D eigenvalue weighted by molar-refractivity contribution is 5.33. The molecule has 0 spiro atoms. The smallest absolute Gasteiger partial charge is 0.122 e. The number of ether oxygens (including phenoxy) is 1. The van der Waals surface area contributed by atoms with Crippen LogP contribution < -0.4 is 10.1 Å². The first-order valence-electron chi connectivity index (χ1n) is 6.67. The molecule has 0 aliphatic rings. The number of hydrogen-bond acceptors (Lipinski definition) is 3. The highest BCUT2D eigenvalue weighted by Gasteiger charge is 2.07. The van der Waals surface area contributed by atoms with Crippen LogP contribution in [-0.2, 0) is 12.8 Å². The Morgan fingerprint density at radius 1 is 1.21 bits per heavy atom. The second-order valence-electron chi connectivity index (χ2n) is 4.70. The number of furan rings is 1. The average molecular weight is 259 g/mol. The highest BCUT2D eigenvalue weighted by Crippen LogP contribution is 2.18. The van der Waals surface area contributed by atoms with E-state index in [9.17, 15) is 0 Å². The monoisotopic (exact) mass is 259 g/mol. The normalized spacial score (nSPS) is 12.3. The molecule has 0 bridgehead atoms. The number of benzene rings is 1. The van der Waals surface area contributed by atoms with Gasteiger partial charge in [0, 0.05) is 19.0 Å². The van der Waals surface area contributed by atoms with Crippen LogP contribution in [0.15, 0.2) is 47.1 Å². The lowest BCUT2D eigenvalue weighted by Gasteiger charge is -2.15. The van der Waals surface area contributed by atoms with Crippen LogP contribution in [0.4, 0.5) is 0 Å². The van der Waals surface area contributed by atoms with Gasteiger partial charge in [-0.15, -0.1) is 0 Å². The summed E-state index contributed by atoms with van der Waals surface area (Å²) in [6.07, 6.45) is 3.60. The van der Waals surface area contributed by atoms with Crippen molar-refractivity contribution in [3.05, 3.63) is 54.0 Å². The summed E-state index contributed by atoms with van der Waals surface area (Å²) in [5, 5.41) is 3.51. The Hall–Kier alpha value is -1.74. The van der Waals surface area contributed by atoms with Crippen LogP contribution in [0.5, 0.6) is 5.75 Å². The van der Waals surface area contributed by atoms with Gasteiger partial charge in [-0.1, -0.05) is 18.2 Å². The summed E-state index contributed by atoms with van der Waals surface area (Å²) in [5.74, 6) is 1.99. The van der Waals surface area contributed by atoms with E-state index in [4.69, 9.17) is 9.15 Å².